The van der Waals surface area contributed by atoms with Gasteiger partial charge in [-0.05, 0) is 67.7 Å². The summed E-state index contributed by atoms with van der Waals surface area (Å²) in [4.78, 5) is 2.49. The zero-order valence-corrected chi connectivity index (χ0v) is 18.6. The summed E-state index contributed by atoms with van der Waals surface area (Å²) in [6.45, 7) is 10.4. The molecule has 1 aromatic rings. The highest BCUT2D eigenvalue weighted by Gasteiger charge is 2.42. The lowest BCUT2D eigenvalue weighted by molar-refractivity contribution is -0.239. The molecule has 5 heteroatoms. The summed E-state index contributed by atoms with van der Waals surface area (Å²) in [5, 5.41) is 12.5. The monoisotopic (exact) mass is 411 g/mol. The minimum atomic E-state index is -0.103. The minimum Gasteiger partial charge on any atom is -0.371 e. The molecule has 1 aromatic carbocycles. The Morgan fingerprint density at radius 1 is 1.10 bits per heavy atom. The van der Waals surface area contributed by atoms with E-state index in [2.05, 4.69) is 42.3 Å². The number of hydrogen-bond donors (Lipinski definition) is 1. The Kier molecular flexibility index (Phi) is 6.98. The molecular formula is C25H37N3O2. The van der Waals surface area contributed by atoms with Gasteiger partial charge >= 0.3 is 0 Å². The van der Waals surface area contributed by atoms with Crippen LogP contribution in [-0.4, -0.2) is 45.7 Å². The van der Waals surface area contributed by atoms with Gasteiger partial charge < -0.3 is 19.7 Å². The molecule has 3 fully saturated rings. The molecule has 0 unspecified atom stereocenters. The molecular weight excluding hydrogens is 374 g/mol. The highest BCUT2D eigenvalue weighted by molar-refractivity contribution is 5.49. The average molecular weight is 412 g/mol. The zero-order chi connectivity index (χ0) is 21.0. The molecule has 4 rings (SSSR count). The summed E-state index contributed by atoms with van der Waals surface area (Å²) >= 11 is 0. The second-order valence-electron chi connectivity index (χ2n) is 10.1. The Labute approximate surface area is 181 Å². The molecule has 0 amide bonds. The molecule has 0 aromatic heterocycles. The third-order valence-corrected chi connectivity index (χ3v) is 7.46. The summed E-state index contributed by atoms with van der Waals surface area (Å²) in [5.74, 6) is 2.44. The Balaban J connectivity index is 1.34. The van der Waals surface area contributed by atoms with Gasteiger partial charge in [0.2, 0.25) is 0 Å². The van der Waals surface area contributed by atoms with Gasteiger partial charge in [0.15, 0.2) is 6.29 Å². The summed E-state index contributed by atoms with van der Waals surface area (Å²) in [6.07, 6.45) is 6.13. The molecule has 0 atom stereocenters. The van der Waals surface area contributed by atoms with E-state index in [9.17, 15) is 0 Å². The third-order valence-electron chi connectivity index (χ3n) is 7.46. The summed E-state index contributed by atoms with van der Waals surface area (Å²) < 4.78 is 12.1. The van der Waals surface area contributed by atoms with Crippen LogP contribution in [0.4, 0.5) is 5.69 Å². The SMILES string of the molecule is CC(C)C1CCC(CN(CCC2OCC3(CNC3)CO2)c2ccc(C#N)cc2)CC1. The number of ether oxygens (including phenoxy) is 2. The van der Waals surface area contributed by atoms with Crippen molar-refractivity contribution in [2.24, 2.45) is 23.2 Å². The number of nitriles is 1. The van der Waals surface area contributed by atoms with Crippen molar-refractivity contribution < 1.29 is 9.47 Å². The maximum Gasteiger partial charge on any atom is 0.159 e. The van der Waals surface area contributed by atoms with Gasteiger partial charge in [-0.3, -0.25) is 0 Å². The van der Waals surface area contributed by atoms with Gasteiger partial charge in [0.05, 0.1) is 24.8 Å². The van der Waals surface area contributed by atoms with Gasteiger partial charge in [-0.15, -0.1) is 0 Å². The Morgan fingerprint density at radius 3 is 2.30 bits per heavy atom. The molecule has 1 saturated carbocycles. The van der Waals surface area contributed by atoms with Crippen molar-refractivity contribution in [3.8, 4) is 6.07 Å². The zero-order valence-electron chi connectivity index (χ0n) is 18.6. The van der Waals surface area contributed by atoms with Crippen LogP contribution in [-0.2, 0) is 9.47 Å². The molecule has 5 nitrogen and oxygen atoms in total. The van der Waals surface area contributed by atoms with Crippen molar-refractivity contribution >= 4 is 5.69 Å². The van der Waals surface area contributed by atoms with Gasteiger partial charge in [0, 0.05) is 43.7 Å². The van der Waals surface area contributed by atoms with Crippen LogP contribution < -0.4 is 10.2 Å². The van der Waals surface area contributed by atoms with Gasteiger partial charge in [0.1, 0.15) is 0 Å². The van der Waals surface area contributed by atoms with Gasteiger partial charge in [-0.1, -0.05) is 13.8 Å². The van der Waals surface area contributed by atoms with E-state index in [-0.39, 0.29) is 11.7 Å². The van der Waals surface area contributed by atoms with E-state index >= 15 is 0 Å². The molecule has 1 spiro atoms. The number of hydrogen-bond acceptors (Lipinski definition) is 5. The highest BCUT2D eigenvalue weighted by atomic mass is 16.7. The first-order chi connectivity index (χ1) is 14.6. The van der Waals surface area contributed by atoms with Crippen LogP contribution >= 0.6 is 0 Å². The normalized spacial score (nSPS) is 26.3. The van der Waals surface area contributed by atoms with E-state index in [1.807, 2.05) is 12.1 Å². The molecule has 1 aliphatic carbocycles. The van der Waals surface area contributed by atoms with E-state index in [1.165, 1.54) is 31.4 Å². The number of rotatable bonds is 7. The summed E-state index contributed by atoms with van der Waals surface area (Å²) in [5.41, 5.74) is 2.14. The van der Waals surface area contributed by atoms with Gasteiger partial charge in [-0.25, -0.2) is 0 Å². The van der Waals surface area contributed by atoms with Crippen LogP contribution in [0.25, 0.3) is 0 Å². The van der Waals surface area contributed by atoms with Gasteiger partial charge in [0.25, 0.3) is 0 Å². The summed E-state index contributed by atoms with van der Waals surface area (Å²) in [7, 11) is 0. The van der Waals surface area contributed by atoms with E-state index < -0.39 is 0 Å². The van der Waals surface area contributed by atoms with E-state index in [0.29, 0.717) is 0 Å². The lowest BCUT2D eigenvalue weighted by Crippen LogP contribution is -2.61. The van der Waals surface area contributed by atoms with Crippen molar-refractivity contribution in [1.82, 2.24) is 5.32 Å². The molecule has 0 radical (unpaired) electrons. The molecule has 2 saturated heterocycles. The number of nitrogens with zero attached hydrogens (tertiary/aromatic N) is 2. The summed E-state index contributed by atoms with van der Waals surface area (Å²) in [6, 6.07) is 10.3. The lowest BCUT2D eigenvalue weighted by atomic mass is 9.77. The first-order valence-corrected chi connectivity index (χ1v) is 11.8. The molecule has 1 N–H and O–H groups in total. The smallest absolute Gasteiger partial charge is 0.159 e. The maximum absolute atomic E-state index is 9.14. The molecule has 164 valence electrons. The van der Waals surface area contributed by atoms with Crippen LogP contribution in [0, 0.1) is 34.5 Å². The molecule has 0 bridgehead atoms. The molecule has 30 heavy (non-hydrogen) atoms. The number of nitrogens with one attached hydrogen (secondary N) is 1. The quantitative estimate of drug-likeness (QED) is 0.729. The molecule has 3 aliphatic rings. The Hall–Kier alpha value is -1.61. The molecule has 2 aliphatic heterocycles. The van der Waals surface area contributed by atoms with Crippen LogP contribution in [0.5, 0.6) is 0 Å². The topological polar surface area (TPSA) is 57.5 Å². The first-order valence-electron chi connectivity index (χ1n) is 11.8. The lowest BCUT2D eigenvalue weighted by Gasteiger charge is -2.46. The maximum atomic E-state index is 9.14. The van der Waals surface area contributed by atoms with Crippen molar-refractivity contribution in [1.29, 1.82) is 5.26 Å². The van der Waals surface area contributed by atoms with Gasteiger partial charge in [-0.2, -0.15) is 5.26 Å². The van der Waals surface area contributed by atoms with Crippen LogP contribution in [0.3, 0.4) is 0 Å². The predicted octanol–water partition coefficient (Wildman–Crippen LogP) is 4.18. The molecule has 2 heterocycles. The van der Waals surface area contributed by atoms with Crippen molar-refractivity contribution in [2.75, 3.05) is 44.3 Å². The van der Waals surface area contributed by atoms with Crippen molar-refractivity contribution in [2.45, 2.75) is 52.2 Å². The van der Waals surface area contributed by atoms with Crippen LogP contribution in [0.1, 0.15) is 51.5 Å². The second-order valence-corrected chi connectivity index (χ2v) is 10.1. The largest absolute Gasteiger partial charge is 0.371 e. The van der Waals surface area contributed by atoms with Crippen molar-refractivity contribution in [3.63, 3.8) is 0 Å². The third kappa shape index (κ3) is 5.17. The fourth-order valence-corrected chi connectivity index (χ4v) is 5.16. The number of anilines is 1. The predicted molar refractivity (Wildman–Crippen MR) is 119 cm³/mol. The number of benzene rings is 1. The van der Waals surface area contributed by atoms with E-state index in [1.54, 1.807) is 0 Å². The Bertz CT molecular complexity index is 705. The van der Waals surface area contributed by atoms with Crippen molar-refractivity contribution in [3.05, 3.63) is 29.8 Å². The second kappa shape index (κ2) is 9.68. The highest BCUT2D eigenvalue weighted by Crippen LogP contribution is 2.35. The standard InChI is InChI=1S/C25H37N3O2/c1-19(2)22-7-3-21(4-8-22)14-28(23-9-5-20(13-26)6-10-23)12-11-24-29-17-25(18-30-24)15-27-16-25/h5-6,9-10,19,21-22,24,27H,3-4,7-8,11-12,14-18H2,1-2H3. The fraction of sp³-hybridized carbons (Fsp3) is 0.720. The minimum absolute atomic E-state index is 0.103. The van der Waals surface area contributed by atoms with Crippen LogP contribution in [0.2, 0.25) is 0 Å². The van der Waals surface area contributed by atoms with Crippen LogP contribution in [0.15, 0.2) is 24.3 Å². The fourth-order valence-electron chi connectivity index (χ4n) is 5.16. The van der Waals surface area contributed by atoms with E-state index in [4.69, 9.17) is 14.7 Å². The average Bonchev–Trinajstić information content (AvgIpc) is 2.76. The first kappa shape index (κ1) is 21.6. The van der Waals surface area contributed by atoms with E-state index in [0.717, 1.165) is 69.1 Å². The Morgan fingerprint density at radius 2 is 1.77 bits per heavy atom.